The van der Waals surface area contributed by atoms with Crippen molar-refractivity contribution in [2.24, 2.45) is 0 Å². The van der Waals surface area contributed by atoms with Crippen LogP contribution in [0.25, 0.3) is 44.7 Å². The van der Waals surface area contributed by atoms with Crippen molar-refractivity contribution in [1.29, 1.82) is 0 Å². The van der Waals surface area contributed by atoms with E-state index in [1.165, 1.54) is 0 Å². The van der Waals surface area contributed by atoms with E-state index in [4.69, 9.17) is 4.98 Å². The van der Waals surface area contributed by atoms with Crippen molar-refractivity contribution in [3.63, 3.8) is 0 Å². The molecule has 6 heterocycles. The van der Waals surface area contributed by atoms with Crippen molar-refractivity contribution in [2.45, 2.75) is 18.8 Å². The lowest BCUT2D eigenvalue weighted by Crippen LogP contribution is -2.39. The summed E-state index contributed by atoms with van der Waals surface area (Å²) in [6.07, 6.45) is 8.21. The molecule has 0 radical (unpaired) electrons. The van der Waals surface area contributed by atoms with Gasteiger partial charge in [0, 0.05) is 43.1 Å². The molecule has 0 atom stereocenters. The fourth-order valence-electron chi connectivity index (χ4n) is 3.98. The first-order valence-electron chi connectivity index (χ1n) is 9.87. The highest BCUT2D eigenvalue weighted by molar-refractivity contribution is 5.96. The third-order valence-corrected chi connectivity index (χ3v) is 5.68. The van der Waals surface area contributed by atoms with Gasteiger partial charge >= 0.3 is 0 Å². The van der Waals surface area contributed by atoms with E-state index in [1.807, 2.05) is 11.0 Å². The van der Waals surface area contributed by atoms with Gasteiger partial charge in [-0.3, -0.25) is 20.2 Å². The number of rotatable bonds is 3. The van der Waals surface area contributed by atoms with Crippen LogP contribution in [0.4, 0.5) is 14.5 Å². The van der Waals surface area contributed by atoms with Gasteiger partial charge in [-0.1, -0.05) is 0 Å². The first kappa shape index (κ1) is 17.9. The number of hydrogen-bond acceptors (Lipinski definition) is 6. The lowest BCUT2D eigenvalue weighted by atomic mass is 10.1. The fourth-order valence-corrected chi connectivity index (χ4v) is 3.98. The Bertz CT molecular complexity index is 1380. The smallest absolute Gasteiger partial charge is 0.251 e. The molecule has 3 N–H and O–H groups in total. The number of piperidine rings is 1. The van der Waals surface area contributed by atoms with E-state index in [9.17, 15) is 8.78 Å². The maximum atomic E-state index is 13.6. The minimum Gasteiger partial charge on any atom is -0.368 e. The molecular weight excluding hydrogens is 404 g/mol. The zero-order chi connectivity index (χ0) is 21.0. The first-order valence-corrected chi connectivity index (χ1v) is 9.87. The Morgan fingerprint density at radius 2 is 1.90 bits per heavy atom. The normalized spacial score (nSPS) is 16.4. The standard InChI is InChI=1S/C20H17F2N9/c21-20(22)1-3-31(4-2-20)16-10-23-8-15-18(16)28-19(27-15)17-12-5-13(11-6-25-26-7-11)24-9-14(12)29-30-17/h5-10H,1-4H2,(H,25,26)(H,27,28)(H,29,30). The van der Waals surface area contributed by atoms with Crippen LogP contribution in [0.2, 0.25) is 0 Å². The summed E-state index contributed by atoms with van der Waals surface area (Å²) < 4.78 is 27.2. The van der Waals surface area contributed by atoms with Gasteiger partial charge in [-0.25, -0.2) is 13.8 Å². The van der Waals surface area contributed by atoms with Gasteiger partial charge < -0.3 is 9.88 Å². The van der Waals surface area contributed by atoms with Crippen LogP contribution in [-0.2, 0) is 0 Å². The Balaban J connectivity index is 1.43. The van der Waals surface area contributed by atoms with Gasteiger partial charge in [0.05, 0.1) is 47.2 Å². The van der Waals surface area contributed by atoms with Gasteiger partial charge in [-0.05, 0) is 6.07 Å². The van der Waals surface area contributed by atoms with Crippen molar-refractivity contribution in [3.05, 3.63) is 37.1 Å². The topological polar surface area (TPSA) is 115 Å². The van der Waals surface area contributed by atoms with Crippen LogP contribution in [0.5, 0.6) is 0 Å². The highest BCUT2D eigenvalue weighted by Gasteiger charge is 2.34. The van der Waals surface area contributed by atoms with Gasteiger partial charge in [0.25, 0.3) is 5.92 Å². The highest BCUT2D eigenvalue weighted by atomic mass is 19.3. The Hall–Kier alpha value is -3.89. The largest absolute Gasteiger partial charge is 0.368 e. The molecule has 1 fully saturated rings. The van der Waals surface area contributed by atoms with Crippen LogP contribution in [0.3, 0.4) is 0 Å². The van der Waals surface area contributed by atoms with E-state index >= 15 is 0 Å². The molecule has 0 amide bonds. The first-order chi connectivity index (χ1) is 15.1. The molecule has 9 nitrogen and oxygen atoms in total. The number of aromatic amines is 3. The van der Waals surface area contributed by atoms with E-state index in [0.717, 1.165) is 33.4 Å². The third kappa shape index (κ3) is 3.00. The Morgan fingerprint density at radius 3 is 2.71 bits per heavy atom. The molecule has 6 rings (SSSR count). The summed E-state index contributed by atoms with van der Waals surface area (Å²) in [7, 11) is 0. The number of imidazole rings is 1. The van der Waals surface area contributed by atoms with Crippen molar-refractivity contribution in [1.82, 2.24) is 40.3 Å². The van der Waals surface area contributed by atoms with Crippen molar-refractivity contribution >= 4 is 27.6 Å². The van der Waals surface area contributed by atoms with Crippen LogP contribution in [0.1, 0.15) is 12.8 Å². The number of nitrogens with one attached hydrogen (secondary N) is 3. The van der Waals surface area contributed by atoms with E-state index in [0.29, 0.717) is 17.0 Å². The minimum atomic E-state index is -2.61. The number of H-pyrrole nitrogens is 3. The average molecular weight is 421 g/mol. The van der Waals surface area contributed by atoms with E-state index in [1.54, 1.807) is 31.0 Å². The number of pyridine rings is 2. The molecule has 11 heteroatoms. The molecule has 31 heavy (non-hydrogen) atoms. The molecular formula is C20H17F2N9. The second-order valence-corrected chi connectivity index (χ2v) is 7.66. The van der Waals surface area contributed by atoms with Crippen molar-refractivity contribution in [3.8, 4) is 22.8 Å². The molecule has 0 unspecified atom stereocenters. The molecule has 1 saturated heterocycles. The number of nitrogens with zero attached hydrogens (tertiary/aromatic N) is 6. The Kier molecular flexibility index (Phi) is 3.79. The summed E-state index contributed by atoms with van der Waals surface area (Å²) >= 11 is 0. The minimum absolute atomic E-state index is 0.172. The predicted molar refractivity (Wildman–Crippen MR) is 111 cm³/mol. The zero-order valence-electron chi connectivity index (χ0n) is 16.2. The van der Waals surface area contributed by atoms with Crippen LogP contribution >= 0.6 is 0 Å². The molecule has 1 aliphatic rings. The molecule has 0 aliphatic carbocycles. The average Bonchev–Trinajstić information content (AvgIpc) is 3.51. The maximum absolute atomic E-state index is 13.6. The van der Waals surface area contributed by atoms with Gasteiger partial charge in [0.1, 0.15) is 11.2 Å². The Labute approximate surface area is 173 Å². The number of anilines is 1. The van der Waals surface area contributed by atoms with Crippen LogP contribution < -0.4 is 4.90 Å². The summed E-state index contributed by atoms with van der Waals surface area (Å²) in [5.41, 5.74) is 5.22. The lowest BCUT2D eigenvalue weighted by molar-refractivity contribution is -0.0220. The summed E-state index contributed by atoms with van der Waals surface area (Å²) in [4.78, 5) is 18.7. The molecule has 0 spiro atoms. The predicted octanol–water partition coefficient (Wildman–Crippen LogP) is 3.52. The number of alkyl halides is 2. The second-order valence-electron chi connectivity index (χ2n) is 7.66. The monoisotopic (exact) mass is 421 g/mol. The third-order valence-electron chi connectivity index (χ3n) is 5.68. The van der Waals surface area contributed by atoms with Gasteiger partial charge in [-0.2, -0.15) is 10.2 Å². The van der Waals surface area contributed by atoms with Crippen molar-refractivity contribution in [2.75, 3.05) is 18.0 Å². The second kappa shape index (κ2) is 6.56. The van der Waals surface area contributed by atoms with Gasteiger partial charge in [0.2, 0.25) is 0 Å². The maximum Gasteiger partial charge on any atom is 0.251 e. The molecule has 0 aromatic carbocycles. The molecule has 1 aliphatic heterocycles. The molecule has 156 valence electrons. The zero-order valence-corrected chi connectivity index (χ0v) is 16.2. The van der Waals surface area contributed by atoms with E-state index in [-0.39, 0.29) is 25.9 Å². The summed E-state index contributed by atoms with van der Waals surface area (Å²) in [5.74, 6) is -2.04. The molecule has 5 aromatic rings. The van der Waals surface area contributed by atoms with Crippen molar-refractivity contribution < 1.29 is 8.78 Å². The van der Waals surface area contributed by atoms with Gasteiger partial charge in [-0.15, -0.1) is 0 Å². The lowest BCUT2D eigenvalue weighted by Gasteiger charge is -2.33. The number of hydrogen-bond donors (Lipinski definition) is 3. The summed E-state index contributed by atoms with van der Waals surface area (Å²) in [5, 5.41) is 15.0. The number of aromatic nitrogens is 8. The van der Waals surface area contributed by atoms with Crippen LogP contribution in [0, 0.1) is 0 Å². The van der Waals surface area contributed by atoms with Crippen LogP contribution in [0.15, 0.2) is 37.1 Å². The molecule has 0 saturated carbocycles. The quantitative estimate of drug-likeness (QED) is 0.411. The summed E-state index contributed by atoms with van der Waals surface area (Å²) in [6, 6.07) is 1.93. The van der Waals surface area contributed by atoms with Crippen LogP contribution in [-0.4, -0.2) is 59.3 Å². The van der Waals surface area contributed by atoms with E-state index < -0.39 is 5.92 Å². The SMILES string of the molecule is FC1(F)CCN(c2cncc3[nH]c(-c4n[nH]c5cnc(-c6cn[nH]c6)cc45)nc23)CC1. The number of fused-ring (bicyclic) bond motifs is 2. The van der Waals surface area contributed by atoms with Gasteiger partial charge in [0.15, 0.2) is 5.82 Å². The number of halogens is 2. The molecule has 0 bridgehead atoms. The summed E-state index contributed by atoms with van der Waals surface area (Å²) in [6.45, 7) is 0.530. The fraction of sp³-hybridized carbons (Fsp3) is 0.250. The van der Waals surface area contributed by atoms with E-state index in [2.05, 4.69) is 35.3 Å². The molecule has 5 aromatic heterocycles. The Morgan fingerprint density at radius 1 is 1.03 bits per heavy atom. The highest BCUT2D eigenvalue weighted by Crippen LogP contribution is 2.34.